The smallest absolute Gasteiger partial charge is 0.328 e. The third-order valence-electron chi connectivity index (χ3n) is 8.32. The molecule has 1 aliphatic rings. The lowest BCUT2D eigenvalue weighted by molar-refractivity contribution is -0.127. The zero-order chi connectivity index (χ0) is 30.6. The molecule has 2 aromatic heterocycles. The van der Waals surface area contributed by atoms with Gasteiger partial charge in [-0.25, -0.2) is 9.79 Å². The average Bonchev–Trinajstić information content (AvgIpc) is 3.43. The Balaban J connectivity index is 1.65. The van der Waals surface area contributed by atoms with E-state index in [0.717, 1.165) is 32.9 Å². The third kappa shape index (κ3) is 4.44. The van der Waals surface area contributed by atoms with Crippen molar-refractivity contribution in [2.24, 2.45) is 19.1 Å². The number of nitrogens with zero attached hydrogens (tertiary/aromatic N) is 5. The van der Waals surface area contributed by atoms with Gasteiger partial charge in [0.15, 0.2) is 4.80 Å². The molecule has 43 heavy (non-hydrogen) atoms. The zero-order valence-electron chi connectivity index (χ0n) is 25.0. The molecule has 0 saturated carbocycles. The molecule has 0 aliphatic carbocycles. The highest BCUT2D eigenvalue weighted by Crippen LogP contribution is 2.40. The highest BCUT2D eigenvalue weighted by molar-refractivity contribution is 7.07. The van der Waals surface area contributed by atoms with E-state index in [2.05, 4.69) is 0 Å². The van der Waals surface area contributed by atoms with Crippen molar-refractivity contribution in [2.45, 2.75) is 26.8 Å². The molecular weight excluding hydrogens is 562 g/mol. The number of imidazole rings is 1. The van der Waals surface area contributed by atoms with E-state index >= 15 is 0 Å². The van der Waals surface area contributed by atoms with Crippen LogP contribution < -0.4 is 25.3 Å². The van der Waals surface area contributed by atoms with Crippen LogP contribution in [0.1, 0.15) is 37.9 Å². The Labute approximate surface area is 251 Å². The van der Waals surface area contributed by atoms with Gasteiger partial charge in [-0.05, 0) is 61.4 Å². The Morgan fingerprint density at radius 1 is 1.02 bits per heavy atom. The first kappa shape index (κ1) is 28.4. The van der Waals surface area contributed by atoms with Crippen molar-refractivity contribution in [3.8, 4) is 5.75 Å². The number of hydrogen-bond acceptors (Lipinski definition) is 6. The predicted octanol–water partition coefficient (Wildman–Crippen LogP) is 3.46. The monoisotopic (exact) mass is 595 g/mol. The summed E-state index contributed by atoms with van der Waals surface area (Å²) in [7, 11) is 5.08. The van der Waals surface area contributed by atoms with E-state index in [1.807, 2.05) is 81.4 Å². The standard InChI is InChI=1S/C33H33N5O4S/c1-7-37(8-2)31(40)27-19(3)34-32-38(29(27)28-22-12-10-9-11-21(22)14-16-25(28)42-6)30(39)26(43-32)18-20-13-15-23-24(17-20)36(5)33(41)35(23)4/h9-18,29H,7-8H2,1-6H3/b26-18+/t29-/m0/s1. The largest absolute Gasteiger partial charge is 0.496 e. The lowest BCUT2D eigenvalue weighted by atomic mass is 9.90. The second-order valence-corrected chi connectivity index (χ2v) is 11.6. The van der Waals surface area contributed by atoms with Crippen molar-refractivity contribution in [3.63, 3.8) is 0 Å². The maximum Gasteiger partial charge on any atom is 0.328 e. The van der Waals surface area contributed by atoms with Crippen LogP contribution in [0.15, 0.2) is 80.4 Å². The van der Waals surface area contributed by atoms with Crippen molar-refractivity contribution < 1.29 is 9.53 Å². The molecule has 0 spiro atoms. The van der Waals surface area contributed by atoms with Crippen LogP contribution in [0.3, 0.4) is 0 Å². The molecule has 0 fully saturated rings. The molecule has 1 aliphatic heterocycles. The maximum absolute atomic E-state index is 14.3. The molecule has 5 aromatic rings. The van der Waals surface area contributed by atoms with Gasteiger partial charge < -0.3 is 9.64 Å². The summed E-state index contributed by atoms with van der Waals surface area (Å²) in [5.41, 5.74) is 3.79. The molecule has 1 amide bonds. The molecule has 3 heterocycles. The summed E-state index contributed by atoms with van der Waals surface area (Å²) in [6.07, 6.45) is 1.82. The predicted molar refractivity (Wildman–Crippen MR) is 170 cm³/mol. The van der Waals surface area contributed by atoms with Gasteiger partial charge >= 0.3 is 5.69 Å². The second kappa shape index (κ2) is 10.9. The van der Waals surface area contributed by atoms with E-state index in [-0.39, 0.29) is 17.2 Å². The summed E-state index contributed by atoms with van der Waals surface area (Å²) in [5.74, 6) is 0.434. The summed E-state index contributed by atoms with van der Waals surface area (Å²) in [5, 5.41) is 1.88. The van der Waals surface area contributed by atoms with Crippen LogP contribution in [-0.2, 0) is 18.9 Å². The zero-order valence-corrected chi connectivity index (χ0v) is 25.9. The molecule has 0 radical (unpaired) electrons. The van der Waals surface area contributed by atoms with Crippen LogP contribution in [0.5, 0.6) is 5.75 Å². The first-order valence-electron chi connectivity index (χ1n) is 14.2. The van der Waals surface area contributed by atoms with E-state index in [4.69, 9.17) is 9.73 Å². The van der Waals surface area contributed by atoms with Crippen molar-refractivity contribution in [1.82, 2.24) is 18.6 Å². The Kier molecular flexibility index (Phi) is 7.17. The molecule has 0 saturated heterocycles. The van der Waals surface area contributed by atoms with Gasteiger partial charge in [0.2, 0.25) is 0 Å². The van der Waals surface area contributed by atoms with Crippen molar-refractivity contribution in [2.75, 3.05) is 20.2 Å². The summed E-state index contributed by atoms with van der Waals surface area (Å²) >= 11 is 1.28. The summed E-state index contributed by atoms with van der Waals surface area (Å²) in [6.45, 7) is 6.78. The number of thiazole rings is 1. The minimum absolute atomic E-state index is 0.114. The Bertz CT molecular complexity index is 2210. The van der Waals surface area contributed by atoms with E-state index in [1.54, 1.807) is 39.8 Å². The van der Waals surface area contributed by atoms with Gasteiger partial charge in [0, 0.05) is 32.7 Å². The molecule has 220 valence electrons. The van der Waals surface area contributed by atoms with E-state index in [0.29, 0.717) is 39.4 Å². The van der Waals surface area contributed by atoms with E-state index in [1.165, 1.54) is 11.3 Å². The number of fused-ring (bicyclic) bond motifs is 3. The number of carbonyl (C=O) groups is 1. The molecule has 1 atom stereocenters. The van der Waals surface area contributed by atoms with Crippen molar-refractivity contribution in [1.29, 1.82) is 0 Å². The van der Waals surface area contributed by atoms with Gasteiger partial charge in [-0.3, -0.25) is 23.3 Å². The van der Waals surface area contributed by atoms with Crippen molar-refractivity contribution in [3.05, 3.63) is 107 Å². The third-order valence-corrected chi connectivity index (χ3v) is 9.30. The average molecular weight is 596 g/mol. The van der Waals surface area contributed by atoms with Crippen molar-refractivity contribution >= 4 is 45.1 Å². The topological polar surface area (TPSA) is 90.8 Å². The number of methoxy groups -OCH3 is 1. The number of aromatic nitrogens is 3. The molecule has 0 bridgehead atoms. The Morgan fingerprint density at radius 2 is 1.74 bits per heavy atom. The SMILES string of the molecule is CCN(CC)C(=O)C1=C(C)N=c2s/c(=C/c3ccc4c(c3)n(C)c(=O)n4C)c(=O)n2[C@@H]1c1c(OC)ccc2ccccc12. The normalized spacial score (nSPS) is 15.2. The number of likely N-dealkylation sites (N-methyl/N-ethyl adjacent to an activating group) is 1. The lowest BCUT2D eigenvalue weighted by Gasteiger charge is -2.30. The summed E-state index contributed by atoms with van der Waals surface area (Å²) in [6, 6.07) is 16.7. The molecule has 0 unspecified atom stereocenters. The number of allylic oxidation sites excluding steroid dienone is 1. The van der Waals surface area contributed by atoms with Gasteiger partial charge in [-0.2, -0.15) is 0 Å². The highest BCUT2D eigenvalue weighted by atomic mass is 32.1. The van der Waals surface area contributed by atoms with Gasteiger partial charge in [-0.1, -0.05) is 47.7 Å². The number of aryl methyl sites for hydroxylation is 2. The summed E-state index contributed by atoms with van der Waals surface area (Å²) < 4.78 is 11.2. The molecule has 9 nitrogen and oxygen atoms in total. The second-order valence-electron chi connectivity index (χ2n) is 10.6. The minimum Gasteiger partial charge on any atom is -0.496 e. The first-order chi connectivity index (χ1) is 20.7. The van der Waals surface area contributed by atoms with Gasteiger partial charge in [0.25, 0.3) is 11.5 Å². The van der Waals surface area contributed by atoms with Crippen LogP contribution in [0.2, 0.25) is 0 Å². The fraction of sp³-hybridized carbons (Fsp3) is 0.273. The quantitative estimate of drug-likeness (QED) is 0.301. The molecule has 0 N–H and O–H groups in total. The number of ether oxygens (including phenoxy) is 1. The molecule has 10 heteroatoms. The highest BCUT2D eigenvalue weighted by Gasteiger charge is 2.36. The molecular formula is C33H33N5O4S. The van der Waals surface area contributed by atoms with Gasteiger partial charge in [0.05, 0.1) is 33.9 Å². The van der Waals surface area contributed by atoms with Crippen LogP contribution >= 0.6 is 11.3 Å². The molecule has 3 aromatic carbocycles. The fourth-order valence-electron chi connectivity index (χ4n) is 6.05. The number of amides is 1. The fourth-order valence-corrected chi connectivity index (χ4v) is 7.10. The number of carbonyl (C=O) groups excluding carboxylic acids is 1. The minimum atomic E-state index is -0.745. The molecule has 6 rings (SSSR count). The van der Waals surface area contributed by atoms with E-state index in [9.17, 15) is 14.4 Å². The summed E-state index contributed by atoms with van der Waals surface area (Å²) in [4.78, 5) is 48.0. The Morgan fingerprint density at radius 3 is 2.47 bits per heavy atom. The van der Waals surface area contributed by atoms with Gasteiger partial charge in [0.1, 0.15) is 11.8 Å². The number of rotatable bonds is 6. The van der Waals surface area contributed by atoms with E-state index < -0.39 is 6.04 Å². The number of hydrogen-bond donors (Lipinski definition) is 0. The van der Waals surface area contributed by atoms with Crippen LogP contribution in [0.4, 0.5) is 0 Å². The van der Waals surface area contributed by atoms with Crippen LogP contribution in [0.25, 0.3) is 27.9 Å². The first-order valence-corrected chi connectivity index (χ1v) is 15.0. The Hall–Kier alpha value is -4.70. The maximum atomic E-state index is 14.3. The van der Waals surface area contributed by atoms with Gasteiger partial charge in [-0.15, -0.1) is 0 Å². The van der Waals surface area contributed by atoms with Crippen LogP contribution in [-0.4, -0.2) is 44.7 Å². The number of benzene rings is 3. The lowest BCUT2D eigenvalue weighted by Crippen LogP contribution is -2.43. The van der Waals surface area contributed by atoms with Crippen LogP contribution in [0, 0.1) is 0 Å².